The quantitative estimate of drug-likeness (QED) is 0.266. The van der Waals surface area contributed by atoms with Gasteiger partial charge in [-0.3, -0.25) is 4.99 Å². The average Bonchev–Trinajstić information content (AvgIpc) is 2.88. The molecule has 0 aliphatic rings. The van der Waals surface area contributed by atoms with E-state index in [0.717, 1.165) is 35.4 Å². The Morgan fingerprint density at radius 3 is 2.68 bits per heavy atom. The van der Waals surface area contributed by atoms with Crippen LogP contribution in [0.1, 0.15) is 15.6 Å². The van der Waals surface area contributed by atoms with Crippen molar-refractivity contribution >= 4 is 52.9 Å². The van der Waals surface area contributed by atoms with Gasteiger partial charge < -0.3 is 15.4 Å². The van der Waals surface area contributed by atoms with Gasteiger partial charge in [0.25, 0.3) is 0 Å². The molecule has 0 saturated carbocycles. The second kappa shape index (κ2) is 11.5. The Bertz CT molecular complexity index is 674. The molecule has 1 heterocycles. The summed E-state index contributed by atoms with van der Waals surface area (Å²) >= 11 is 7.67. The van der Waals surface area contributed by atoms with E-state index < -0.39 is 0 Å². The average molecular weight is 495 g/mol. The third-order valence-electron chi connectivity index (χ3n) is 3.39. The Hall–Kier alpha value is -1.06. The summed E-state index contributed by atoms with van der Waals surface area (Å²) in [7, 11) is 1.75. The van der Waals surface area contributed by atoms with Crippen molar-refractivity contribution < 1.29 is 4.74 Å². The van der Waals surface area contributed by atoms with E-state index in [2.05, 4.69) is 27.5 Å². The number of aliphatic imine (C=N–C) groups is 1. The molecule has 0 atom stereocenters. The molecule has 25 heavy (non-hydrogen) atoms. The first-order valence-electron chi connectivity index (χ1n) is 7.84. The van der Waals surface area contributed by atoms with Crippen molar-refractivity contribution in [2.24, 2.45) is 4.99 Å². The third kappa shape index (κ3) is 7.79. The van der Waals surface area contributed by atoms with Crippen LogP contribution in [-0.2, 0) is 6.42 Å². The number of rotatable bonds is 7. The van der Waals surface area contributed by atoms with Crippen molar-refractivity contribution in [3.05, 3.63) is 44.9 Å². The van der Waals surface area contributed by atoms with E-state index in [-0.39, 0.29) is 24.0 Å². The third-order valence-corrected chi connectivity index (χ3v) is 4.75. The molecule has 2 rings (SSSR count). The Balaban J connectivity index is 0.00000312. The first kappa shape index (κ1) is 22.0. The van der Waals surface area contributed by atoms with Crippen LogP contribution in [0.15, 0.2) is 29.3 Å². The molecular weight excluding hydrogens is 471 g/mol. The van der Waals surface area contributed by atoms with Crippen molar-refractivity contribution in [1.29, 1.82) is 0 Å². The predicted molar refractivity (Wildman–Crippen MR) is 117 cm³/mol. The SMILES string of the molecule is CN=C(NCCOc1cccc(Cl)c1)NCCc1nc(C)c(C)s1.I. The van der Waals surface area contributed by atoms with Crippen LogP contribution in [0.2, 0.25) is 5.02 Å². The van der Waals surface area contributed by atoms with Gasteiger partial charge in [-0.05, 0) is 32.0 Å². The molecule has 0 fully saturated rings. The minimum atomic E-state index is 0. The summed E-state index contributed by atoms with van der Waals surface area (Å²) in [6.07, 6.45) is 0.888. The summed E-state index contributed by atoms with van der Waals surface area (Å²) < 4.78 is 5.63. The monoisotopic (exact) mass is 494 g/mol. The first-order valence-corrected chi connectivity index (χ1v) is 9.03. The molecule has 2 N–H and O–H groups in total. The molecule has 2 aromatic rings. The highest BCUT2D eigenvalue weighted by Crippen LogP contribution is 2.17. The lowest BCUT2D eigenvalue weighted by Crippen LogP contribution is -2.40. The van der Waals surface area contributed by atoms with Gasteiger partial charge in [-0.25, -0.2) is 4.98 Å². The number of guanidine groups is 1. The number of hydrogen-bond acceptors (Lipinski definition) is 4. The fourth-order valence-corrected chi connectivity index (χ4v) is 3.16. The number of aryl methyl sites for hydroxylation is 2. The molecule has 0 bridgehead atoms. The fraction of sp³-hybridized carbons (Fsp3) is 0.412. The molecule has 1 aromatic heterocycles. The summed E-state index contributed by atoms with van der Waals surface area (Å²) in [5.74, 6) is 1.52. The topological polar surface area (TPSA) is 58.5 Å². The molecule has 0 saturated heterocycles. The van der Waals surface area contributed by atoms with E-state index in [1.165, 1.54) is 4.88 Å². The van der Waals surface area contributed by atoms with Crippen LogP contribution in [0, 0.1) is 13.8 Å². The van der Waals surface area contributed by atoms with Crippen LogP contribution in [0.4, 0.5) is 0 Å². The lowest BCUT2D eigenvalue weighted by molar-refractivity contribution is 0.322. The molecule has 0 amide bonds. The number of aromatic nitrogens is 1. The molecule has 0 spiro atoms. The fourth-order valence-electron chi connectivity index (χ4n) is 2.05. The van der Waals surface area contributed by atoms with E-state index >= 15 is 0 Å². The zero-order chi connectivity index (χ0) is 17.4. The smallest absolute Gasteiger partial charge is 0.191 e. The molecule has 0 unspecified atom stereocenters. The zero-order valence-corrected chi connectivity index (χ0v) is 18.5. The minimum Gasteiger partial charge on any atom is -0.492 e. The highest BCUT2D eigenvalue weighted by atomic mass is 127. The molecule has 0 aliphatic heterocycles. The zero-order valence-electron chi connectivity index (χ0n) is 14.6. The molecule has 0 aliphatic carbocycles. The minimum absolute atomic E-state index is 0. The highest BCUT2D eigenvalue weighted by molar-refractivity contribution is 14.0. The van der Waals surface area contributed by atoms with Crippen molar-refractivity contribution in [3.63, 3.8) is 0 Å². The largest absolute Gasteiger partial charge is 0.492 e. The summed E-state index contributed by atoms with van der Waals surface area (Å²) in [6, 6.07) is 7.38. The van der Waals surface area contributed by atoms with Crippen molar-refractivity contribution in [2.75, 3.05) is 26.7 Å². The highest BCUT2D eigenvalue weighted by Gasteiger charge is 2.04. The number of nitrogens with zero attached hydrogens (tertiary/aromatic N) is 2. The molecule has 8 heteroatoms. The van der Waals surface area contributed by atoms with Crippen molar-refractivity contribution in [1.82, 2.24) is 15.6 Å². The van der Waals surface area contributed by atoms with E-state index in [1.54, 1.807) is 24.5 Å². The summed E-state index contributed by atoms with van der Waals surface area (Å²) in [4.78, 5) is 10.0. The van der Waals surface area contributed by atoms with E-state index in [9.17, 15) is 0 Å². The van der Waals surface area contributed by atoms with Gasteiger partial charge in [0, 0.05) is 29.9 Å². The lowest BCUT2D eigenvalue weighted by atomic mass is 10.3. The Morgan fingerprint density at radius 2 is 2.04 bits per heavy atom. The number of ether oxygens (including phenoxy) is 1. The maximum absolute atomic E-state index is 5.92. The van der Waals surface area contributed by atoms with Gasteiger partial charge in [0.05, 0.1) is 17.2 Å². The number of benzene rings is 1. The Morgan fingerprint density at radius 1 is 1.28 bits per heavy atom. The molecule has 0 radical (unpaired) electrons. The summed E-state index contributed by atoms with van der Waals surface area (Å²) in [6.45, 7) is 6.13. The second-order valence-electron chi connectivity index (χ2n) is 5.23. The van der Waals surface area contributed by atoms with Gasteiger partial charge >= 0.3 is 0 Å². The number of thiazole rings is 1. The molecule has 138 valence electrons. The maximum Gasteiger partial charge on any atom is 0.191 e. The number of hydrogen-bond donors (Lipinski definition) is 2. The van der Waals surface area contributed by atoms with E-state index in [0.29, 0.717) is 18.2 Å². The van der Waals surface area contributed by atoms with Crippen LogP contribution in [-0.4, -0.2) is 37.7 Å². The van der Waals surface area contributed by atoms with Crippen LogP contribution in [0.5, 0.6) is 5.75 Å². The maximum atomic E-state index is 5.92. The number of halogens is 2. The number of nitrogens with one attached hydrogen (secondary N) is 2. The van der Waals surface area contributed by atoms with Crippen LogP contribution >= 0.6 is 46.9 Å². The van der Waals surface area contributed by atoms with Gasteiger partial charge in [0.2, 0.25) is 0 Å². The van der Waals surface area contributed by atoms with Crippen molar-refractivity contribution in [3.8, 4) is 5.75 Å². The second-order valence-corrected chi connectivity index (χ2v) is 6.95. The van der Waals surface area contributed by atoms with Gasteiger partial charge in [-0.2, -0.15) is 0 Å². The molecule has 5 nitrogen and oxygen atoms in total. The van der Waals surface area contributed by atoms with Gasteiger partial charge in [0.15, 0.2) is 5.96 Å². The van der Waals surface area contributed by atoms with Gasteiger partial charge in [0.1, 0.15) is 12.4 Å². The first-order chi connectivity index (χ1) is 11.6. The normalized spacial score (nSPS) is 11.0. The van der Waals surface area contributed by atoms with Gasteiger partial charge in [-0.15, -0.1) is 35.3 Å². The summed E-state index contributed by atoms with van der Waals surface area (Å²) in [5.41, 5.74) is 1.12. The van der Waals surface area contributed by atoms with Crippen molar-refractivity contribution in [2.45, 2.75) is 20.3 Å². The standard InChI is InChI=1S/C17H23ClN4OS.HI/c1-12-13(2)24-16(22-12)7-8-20-17(19-3)21-9-10-23-15-6-4-5-14(18)11-15;/h4-6,11H,7-10H2,1-3H3,(H2,19,20,21);1H. The Kier molecular flexibility index (Phi) is 10.1. The van der Waals surface area contributed by atoms with Crippen LogP contribution < -0.4 is 15.4 Å². The molecule has 1 aromatic carbocycles. The van der Waals surface area contributed by atoms with Crippen LogP contribution in [0.3, 0.4) is 0 Å². The lowest BCUT2D eigenvalue weighted by Gasteiger charge is -2.12. The Labute approximate surface area is 175 Å². The van der Waals surface area contributed by atoms with Crippen LogP contribution in [0.25, 0.3) is 0 Å². The predicted octanol–water partition coefficient (Wildman–Crippen LogP) is 3.82. The van der Waals surface area contributed by atoms with Gasteiger partial charge in [-0.1, -0.05) is 17.7 Å². The van der Waals surface area contributed by atoms with E-state index in [1.807, 2.05) is 25.1 Å². The molecular formula is C17H24ClIN4OS. The van der Waals surface area contributed by atoms with E-state index in [4.69, 9.17) is 16.3 Å². The summed E-state index contributed by atoms with van der Waals surface area (Å²) in [5, 5.41) is 8.33.